The second-order valence-electron chi connectivity index (χ2n) is 2.55. The van der Waals surface area contributed by atoms with Crippen molar-refractivity contribution in [1.29, 1.82) is 5.26 Å². The SMILES string of the molecule is N#Cc1ncc(Br)c(C(F)F)c1S(=O)(=O)Cl. The van der Waals surface area contributed by atoms with E-state index in [0.717, 1.165) is 6.20 Å². The van der Waals surface area contributed by atoms with Gasteiger partial charge in [-0.05, 0) is 15.9 Å². The lowest BCUT2D eigenvalue weighted by molar-refractivity contribution is 0.147. The van der Waals surface area contributed by atoms with Crippen LogP contribution in [0.5, 0.6) is 0 Å². The second-order valence-corrected chi connectivity index (χ2v) is 5.91. The average molecular weight is 332 g/mol. The fourth-order valence-electron chi connectivity index (χ4n) is 1.02. The summed E-state index contributed by atoms with van der Waals surface area (Å²) >= 11 is 2.73. The van der Waals surface area contributed by atoms with E-state index >= 15 is 0 Å². The Labute approximate surface area is 102 Å². The number of pyridine rings is 1. The first kappa shape index (κ1) is 13.3. The highest BCUT2D eigenvalue weighted by atomic mass is 79.9. The van der Waals surface area contributed by atoms with Crippen LogP contribution in [0.4, 0.5) is 8.78 Å². The van der Waals surface area contributed by atoms with Gasteiger partial charge in [0.25, 0.3) is 15.5 Å². The molecule has 0 N–H and O–H groups in total. The maximum atomic E-state index is 12.6. The molecule has 1 aromatic heterocycles. The summed E-state index contributed by atoms with van der Waals surface area (Å²) in [5.74, 6) is 0. The van der Waals surface area contributed by atoms with Gasteiger partial charge >= 0.3 is 0 Å². The molecule has 1 aromatic rings. The predicted octanol–water partition coefficient (Wildman–Crippen LogP) is 2.58. The van der Waals surface area contributed by atoms with Gasteiger partial charge in [-0.1, -0.05) is 0 Å². The van der Waals surface area contributed by atoms with Crippen LogP contribution in [0.25, 0.3) is 0 Å². The largest absolute Gasteiger partial charge is 0.266 e. The fourth-order valence-corrected chi connectivity index (χ4v) is 2.88. The fraction of sp³-hybridized carbons (Fsp3) is 0.143. The maximum absolute atomic E-state index is 12.6. The summed E-state index contributed by atoms with van der Waals surface area (Å²) in [5.41, 5.74) is -1.52. The molecule has 0 radical (unpaired) electrons. The van der Waals surface area contributed by atoms with E-state index in [1.165, 1.54) is 6.07 Å². The third-order valence-electron chi connectivity index (χ3n) is 1.59. The van der Waals surface area contributed by atoms with Crippen molar-refractivity contribution in [2.45, 2.75) is 11.3 Å². The topological polar surface area (TPSA) is 70.8 Å². The Hall–Kier alpha value is -0.780. The van der Waals surface area contributed by atoms with Crippen molar-refractivity contribution < 1.29 is 17.2 Å². The van der Waals surface area contributed by atoms with Gasteiger partial charge in [0.2, 0.25) is 0 Å². The molecular weight excluding hydrogens is 330 g/mol. The highest BCUT2D eigenvalue weighted by Gasteiger charge is 2.29. The molecule has 0 atom stereocenters. The molecule has 0 bridgehead atoms. The Bertz CT molecular complexity index is 570. The highest BCUT2D eigenvalue weighted by molar-refractivity contribution is 9.10. The molecule has 86 valence electrons. The minimum absolute atomic E-state index is 0.222. The Morgan fingerprint density at radius 1 is 1.56 bits per heavy atom. The van der Waals surface area contributed by atoms with E-state index in [1.807, 2.05) is 0 Å². The minimum Gasteiger partial charge on any atom is -0.243 e. The van der Waals surface area contributed by atoms with E-state index in [0.29, 0.717) is 0 Å². The van der Waals surface area contributed by atoms with Gasteiger partial charge in [-0.3, -0.25) is 0 Å². The van der Waals surface area contributed by atoms with Crippen molar-refractivity contribution in [2.75, 3.05) is 0 Å². The van der Waals surface area contributed by atoms with Crippen molar-refractivity contribution in [2.24, 2.45) is 0 Å². The molecule has 0 saturated heterocycles. The van der Waals surface area contributed by atoms with Crippen molar-refractivity contribution in [3.8, 4) is 6.07 Å². The van der Waals surface area contributed by atoms with Crippen LogP contribution in [0, 0.1) is 11.3 Å². The smallest absolute Gasteiger partial charge is 0.243 e. The molecule has 0 spiro atoms. The number of hydrogen-bond acceptors (Lipinski definition) is 4. The predicted molar refractivity (Wildman–Crippen MR) is 54.6 cm³/mol. The van der Waals surface area contributed by atoms with Crippen LogP contribution in [-0.4, -0.2) is 13.4 Å². The molecule has 0 aliphatic rings. The van der Waals surface area contributed by atoms with Gasteiger partial charge in [0.1, 0.15) is 11.0 Å². The quantitative estimate of drug-likeness (QED) is 0.781. The van der Waals surface area contributed by atoms with Crippen LogP contribution in [0.1, 0.15) is 17.7 Å². The van der Waals surface area contributed by atoms with Crippen LogP contribution in [-0.2, 0) is 9.05 Å². The molecule has 0 aromatic carbocycles. The zero-order valence-corrected chi connectivity index (χ0v) is 10.4. The average Bonchev–Trinajstić information content (AvgIpc) is 2.15. The highest BCUT2D eigenvalue weighted by Crippen LogP contribution is 2.35. The summed E-state index contributed by atoms with van der Waals surface area (Å²) < 4.78 is 47.3. The first-order valence-corrected chi connectivity index (χ1v) is 6.70. The van der Waals surface area contributed by atoms with Gasteiger partial charge in [0, 0.05) is 21.4 Å². The van der Waals surface area contributed by atoms with Gasteiger partial charge in [-0.2, -0.15) is 5.26 Å². The van der Waals surface area contributed by atoms with Crippen LogP contribution in [0.15, 0.2) is 15.6 Å². The molecule has 0 fully saturated rings. The summed E-state index contributed by atoms with van der Waals surface area (Å²) in [5, 5.41) is 8.58. The third kappa shape index (κ3) is 2.48. The molecule has 1 heterocycles. The van der Waals surface area contributed by atoms with E-state index in [1.54, 1.807) is 0 Å². The number of nitriles is 1. The molecule has 4 nitrogen and oxygen atoms in total. The number of hydrogen-bond donors (Lipinski definition) is 0. The third-order valence-corrected chi connectivity index (χ3v) is 3.59. The molecule has 9 heteroatoms. The summed E-state index contributed by atoms with van der Waals surface area (Å²) in [6.07, 6.45) is -2.17. The van der Waals surface area contributed by atoms with Gasteiger partial charge in [-0.15, -0.1) is 0 Å². The zero-order valence-electron chi connectivity index (χ0n) is 7.29. The van der Waals surface area contributed by atoms with E-state index in [2.05, 4.69) is 20.9 Å². The van der Waals surface area contributed by atoms with Gasteiger partial charge in [-0.25, -0.2) is 22.2 Å². The standard InChI is InChI=1S/C7H2BrClF2N2O2S/c8-3-2-13-4(1-12)6(16(9,14)15)5(3)7(10)11/h2,7H. The van der Waals surface area contributed by atoms with E-state index in [-0.39, 0.29) is 4.47 Å². The summed E-state index contributed by atoms with van der Waals surface area (Å²) in [6, 6.07) is 1.40. The van der Waals surface area contributed by atoms with Crippen molar-refractivity contribution in [3.05, 3.63) is 21.9 Å². The van der Waals surface area contributed by atoms with E-state index in [4.69, 9.17) is 15.9 Å². The summed E-state index contributed by atoms with van der Waals surface area (Å²) in [4.78, 5) is 2.44. The van der Waals surface area contributed by atoms with Gasteiger partial charge in [0.15, 0.2) is 5.69 Å². The molecule has 0 aliphatic carbocycles. The lowest BCUT2D eigenvalue weighted by Crippen LogP contribution is -2.05. The molecule has 0 amide bonds. The van der Waals surface area contributed by atoms with Crippen LogP contribution in [0.3, 0.4) is 0 Å². The minimum atomic E-state index is -4.47. The number of alkyl halides is 2. The van der Waals surface area contributed by atoms with Gasteiger partial charge < -0.3 is 0 Å². The molecule has 0 unspecified atom stereocenters. The number of nitrogens with zero attached hydrogens (tertiary/aromatic N) is 2. The van der Waals surface area contributed by atoms with Crippen molar-refractivity contribution >= 4 is 35.7 Å². The molecule has 1 rings (SSSR count). The Morgan fingerprint density at radius 3 is 2.50 bits per heavy atom. The van der Waals surface area contributed by atoms with Crippen molar-refractivity contribution in [1.82, 2.24) is 4.98 Å². The lowest BCUT2D eigenvalue weighted by atomic mass is 10.2. The molecular formula is C7H2BrClF2N2O2S. The summed E-state index contributed by atoms with van der Waals surface area (Å²) in [6.45, 7) is 0. The monoisotopic (exact) mass is 330 g/mol. The first-order chi connectivity index (χ1) is 7.29. The summed E-state index contributed by atoms with van der Waals surface area (Å²) in [7, 11) is 0.524. The number of rotatable bonds is 2. The van der Waals surface area contributed by atoms with E-state index < -0.39 is 31.6 Å². The molecule has 0 aliphatic heterocycles. The zero-order chi connectivity index (χ0) is 12.5. The molecule has 0 saturated carbocycles. The number of halogens is 4. The normalized spacial score (nSPS) is 11.5. The second kappa shape index (κ2) is 4.61. The Morgan fingerprint density at radius 2 is 2.12 bits per heavy atom. The Kier molecular flexibility index (Phi) is 3.83. The van der Waals surface area contributed by atoms with E-state index in [9.17, 15) is 17.2 Å². The van der Waals surface area contributed by atoms with Gasteiger partial charge in [0.05, 0.1) is 5.56 Å². The maximum Gasteiger partial charge on any atom is 0.266 e. The van der Waals surface area contributed by atoms with Crippen LogP contribution in [0.2, 0.25) is 0 Å². The Balaban J connectivity index is 3.79. The van der Waals surface area contributed by atoms with Crippen LogP contribution >= 0.6 is 26.6 Å². The molecule has 16 heavy (non-hydrogen) atoms. The lowest BCUT2D eigenvalue weighted by Gasteiger charge is -2.08. The first-order valence-electron chi connectivity index (χ1n) is 3.60. The van der Waals surface area contributed by atoms with Crippen molar-refractivity contribution in [3.63, 3.8) is 0 Å². The van der Waals surface area contributed by atoms with Crippen LogP contribution < -0.4 is 0 Å². The number of aromatic nitrogens is 1.